The zero-order valence-corrected chi connectivity index (χ0v) is 22.4. The highest BCUT2D eigenvalue weighted by Gasteiger charge is 2.47. The highest BCUT2D eigenvalue weighted by Crippen LogP contribution is 2.43. The van der Waals surface area contributed by atoms with Gasteiger partial charge in [-0.1, -0.05) is 35.9 Å². The van der Waals surface area contributed by atoms with Crippen molar-refractivity contribution in [1.29, 1.82) is 0 Å². The molecule has 0 aliphatic carbocycles. The van der Waals surface area contributed by atoms with Crippen molar-refractivity contribution >= 4 is 29.1 Å². The Morgan fingerprint density at radius 3 is 2.32 bits per heavy atom. The van der Waals surface area contributed by atoms with Crippen LogP contribution in [0.15, 0.2) is 66.2 Å². The van der Waals surface area contributed by atoms with Gasteiger partial charge in [0.05, 0.1) is 30.4 Å². The molecule has 38 heavy (non-hydrogen) atoms. The van der Waals surface area contributed by atoms with Gasteiger partial charge in [0.25, 0.3) is 11.7 Å². The number of aryl methyl sites for hydroxylation is 3. The molecular formula is C31H31NO6. The van der Waals surface area contributed by atoms with E-state index in [4.69, 9.17) is 9.47 Å². The predicted octanol–water partition coefficient (Wildman–Crippen LogP) is 5.81. The maximum Gasteiger partial charge on any atom is 0.338 e. The molecule has 3 aromatic carbocycles. The number of ether oxygens (including phenoxy) is 2. The van der Waals surface area contributed by atoms with Gasteiger partial charge >= 0.3 is 5.97 Å². The van der Waals surface area contributed by atoms with Crippen LogP contribution in [-0.2, 0) is 14.3 Å². The minimum Gasteiger partial charge on any atom is -0.507 e. The third-order valence-electron chi connectivity index (χ3n) is 6.50. The summed E-state index contributed by atoms with van der Waals surface area (Å²) < 4.78 is 10.7. The van der Waals surface area contributed by atoms with E-state index in [-0.39, 0.29) is 23.0 Å². The van der Waals surface area contributed by atoms with Gasteiger partial charge in [-0.2, -0.15) is 0 Å². The summed E-state index contributed by atoms with van der Waals surface area (Å²) in [6, 6.07) is 16.5. The van der Waals surface area contributed by atoms with Crippen LogP contribution < -0.4 is 9.64 Å². The molecule has 7 heteroatoms. The molecule has 1 atom stereocenters. The van der Waals surface area contributed by atoms with Crippen molar-refractivity contribution in [1.82, 2.24) is 0 Å². The zero-order valence-electron chi connectivity index (χ0n) is 22.4. The van der Waals surface area contributed by atoms with E-state index in [0.29, 0.717) is 28.1 Å². The smallest absolute Gasteiger partial charge is 0.338 e. The third kappa shape index (κ3) is 4.92. The van der Waals surface area contributed by atoms with E-state index in [1.54, 1.807) is 58.2 Å². The highest BCUT2D eigenvalue weighted by molar-refractivity contribution is 6.51. The van der Waals surface area contributed by atoms with Gasteiger partial charge in [-0.3, -0.25) is 14.5 Å². The first-order chi connectivity index (χ1) is 18.0. The number of ketones is 1. The van der Waals surface area contributed by atoms with Crippen LogP contribution in [0.3, 0.4) is 0 Å². The van der Waals surface area contributed by atoms with E-state index in [9.17, 15) is 19.5 Å². The van der Waals surface area contributed by atoms with E-state index in [0.717, 1.165) is 11.1 Å². The molecule has 0 spiro atoms. The lowest BCUT2D eigenvalue weighted by Gasteiger charge is -2.26. The summed E-state index contributed by atoms with van der Waals surface area (Å²) in [7, 11) is 1.57. The number of rotatable bonds is 6. The minimum absolute atomic E-state index is 0.0246. The largest absolute Gasteiger partial charge is 0.507 e. The number of benzene rings is 3. The van der Waals surface area contributed by atoms with Crippen molar-refractivity contribution < 1.29 is 29.0 Å². The fourth-order valence-corrected chi connectivity index (χ4v) is 4.73. The summed E-state index contributed by atoms with van der Waals surface area (Å²) in [5, 5.41) is 11.5. The number of anilines is 1. The first-order valence-electron chi connectivity index (χ1n) is 12.4. The van der Waals surface area contributed by atoms with Crippen LogP contribution in [0.2, 0.25) is 0 Å². The topological polar surface area (TPSA) is 93.1 Å². The average Bonchev–Trinajstić information content (AvgIpc) is 3.14. The molecule has 7 nitrogen and oxygen atoms in total. The quantitative estimate of drug-likeness (QED) is 0.193. The number of esters is 1. The first-order valence-corrected chi connectivity index (χ1v) is 12.4. The first kappa shape index (κ1) is 26.7. The van der Waals surface area contributed by atoms with Gasteiger partial charge in [0.15, 0.2) is 0 Å². The fraction of sp³-hybridized carbons (Fsp3) is 0.258. The Labute approximate surface area is 222 Å². The lowest BCUT2D eigenvalue weighted by molar-refractivity contribution is -0.132. The summed E-state index contributed by atoms with van der Waals surface area (Å²) in [5.41, 5.74) is 4.07. The van der Waals surface area contributed by atoms with Crippen molar-refractivity contribution in [3.8, 4) is 5.75 Å². The van der Waals surface area contributed by atoms with Crippen molar-refractivity contribution in [3.05, 3.63) is 99.6 Å². The number of amides is 1. The van der Waals surface area contributed by atoms with Crippen LogP contribution in [0, 0.1) is 20.8 Å². The molecule has 1 amide bonds. The second-order valence-corrected chi connectivity index (χ2v) is 9.72. The lowest BCUT2D eigenvalue weighted by Crippen LogP contribution is -2.29. The molecule has 4 rings (SSSR count). The molecule has 1 unspecified atom stereocenters. The van der Waals surface area contributed by atoms with Crippen LogP contribution in [0.4, 0.5) is 5.69 Å². The molecule has 0 bridgehead atoms. The van der Waals surface area contributed by atoms with Gasteiger partial charge in [0, 0.05) is 11.3 Å². The second-order valence-electron chi connectivity index (χ2n) is 9.72. The molecule has 0 radical (unpaired) electrons. The van der Waals surface area contributed by atoms with Crippen LogP contribution in [0.1, 0.15) is 58.1 Å². The summed E-state index contributed by atoms with van der Waals surface area (Å²) in [6.45, 7) is 9.06. The third-order valence-corrected chi connectivity index (χ3v) is 6.50. The molecule has 1 heterocycles. The molecule has 3 aromatic rings. The summed E-state index contributed by atoms with van der Waals surface area (Å²) >= 11 is 0. The van der Waals surface area contributed by atoms with E-state index >= 15 is 0 Å². The van der Waals surface area contributed by atoms with Crippen LogP contribution >= 0.6 is 0 Å². The molecular weight excluding hydrogens is 482 g/mol. The number of Topliss-reactive ketones (excluding diaryl/α,β-unsaturated/α-hetero) is 1. The number of aliphatic hydroxyl groups excluding tert-OH is 1. The van der Waals surface area contributed by atoms with Crippen molar-refractivity contribution in [2.75, 3.05) is 12.0 Å². The van der Waals surface area contributed by atoms with Gasteiger partial charge in [0.2, 0.25) is 0 Å². The highest BCUT2D eigenvalue weighted by atomic mass is 16.5. The minimum atomic E-state index is -0.909. The fourth-order valence-electron chi connectivity index (χ4n) is 4.73. The summed E-state index contributed by atoms with van der Waals surface area (Å²) in [5.74, 6) is -1.75. The Bertz CT molecular complexity index is 1470. The van der Waals surface area contributed by atoms with Crippen LogP contribution in [-0.4, -0.2) is 36.0 Å². The Morgan fingerprint density at radius 1 is 0.947 bits per heavy atom. The van der Waals surface area contributed by atoms with Gasteiger partial charge in [-0.25, -0.2) is 4.79 Å². The van der Waals surface area contributed by atoms with E-state index in [2.05, 4.69) is 0 Å². The van der Waals surface area contributed by atoms with Crippen LogP contribution in [0.5, 0.6) is 5.75 Å². The van der Waals surface area contributed by atoms with E-state index in [1.807, 2.05) is 38.1 Å². The maximum atomic E-state index is 13.5. The number of carbonyl (C=O) groups is 3. The van der Waals surface area contributed by atoms with Gasteiger partial charge in [-0.05, 0) is 81.6 Å². The Kier molecular flexibility index (Phi) is 7.39. The van der Waals surface area contributed by atoms with E-state index in [1.165, 1.54) is 11.0 Å². The number of methoxy groups -OCH3 is 1. The Hall–Kier alpha value is -4.39. The van der Waals surface area contributed by atoms with Crippen molar-refractivity contribution in [2.45, 2.75) is 46.8 Å². The lowest BCUT2D eigenvalue weighted by atomic mass is 9.92. The molecule has 1 N–H and O–H groups in total. The Morgan fingerprint density at radius 2 is 1.66 bits per heavy atom. The second kappa shape index (κ2) is 10.5. The normalized spacial score (nSPS) is 16.7. The summed E-state index contributed by atoms with van der Waals surface area (Å²) in [6.07, 6.45) is -0.316. The Balaban J connectivity index is 1.93. The van der Waals surface area contributed by atoms with Crippen LogP contribution in [0.25, 0.3) is 5.76 Å². The zero-order chi connectivity index (χ0) is 27.7. The SMILES string of the molecule is COc1cc(C)c(/C(O)=C2\C(=O)C(=O)N(c3cccc(C(=O)OC(C)C)c3)C2c2cccc(C)c2)cc1C. The van der Waals surface area contributed by atoms with Gasteiger partial charge in [0.1, 0.15) is 11.5 Å². The molecule has 1 fully saturated rings. The number of aliphatic hydroxyl groups is 1. The number of nitrogens with zero attached hydrogens (tertiary/aromatic N) is 1. The molecule has 0 saturated carbocycles. The predicted molar refractivity (Wildman–Crippen MR) is 145 cm³/mol. The maximum absolute atomic E-state index is 13.5. The molecule has 1 aliphatic heterocycles. The van der Waals surface area contributed by atoms with Crippen molar-refractivity contribution in [3.63, 3.8) is 0 Å². The van der Waals surface area contributed by atoms with E-state index < -0.39 is 23.7 Å². The molecule has 196 valence electrons. The van der Waals surface area contributed by atoms with Crippen molar-refractivity contribution in [2.24, 2.45) is 0 Å². The molecule has 0 aromatic heterocycles. The van der Waals surface area contributed by atoms with Gasteiger partial charge in [-0.15, -0.1) is 0 Å². The number of hydrogen-bond donors (Lipinski definition) is 1. The molecule has 1 saturated heterocycles. The number of carbonyl (C=O) groups excluding carboxylic acids is 3. The number of hydrogen-bond acceptors (Lipinski definition) is 6. The standard InChI is InChI=1S/C31H31NO6/c1-17(2)38-31(36)22-11-8-12-23(16-22)32-27(21-10-7-9-18(3)13-21)26(29(34)30(32)35)28(33)24-14-20(5)25(37-6)15-19(24)4/h7-17,27,33H,1-6H3/b28-26+. The average molecular weight is 514 g/mol. The summed E-state index contributed by atoms with van der Waals surface area (Å²) in [4.78, 5) is 41.0. The molecule has 1 aliphatic rings. The van der Waals surface area contributed by atoms with Gasteiger partial charge < -0.3 is 14.6 Å². The monoisotopic (exact) mass is 513 g/mol.